The van der Waals surface area contributed by atoms with Crippen LogP contribution < -0.4 is 5.43 Å². The first kappa shape index (κ1) is 12.8. The summed E-state index contributed by atoms with van der Waals surface area (Å²) in [6, 6.07) is 1.66. The van der Waals surface area contributed by atoms with E-state index in [2.05, 4.69) is 22.4 Å². The van der Waals surface area contributed by atoms with Crippen molar-refractivity contribution < 1.29 is 9.21 Å². The van der Waals surface area contributed by atoms with Gasteiger partial charge in [-0.2, -0.15) is 5.10 Å². The molecule has 0 atom stereocenters. The molecule has 1 aromatic heterocycles. The van der Waals surface area contributed by atoms with Gasteiger partial charge in [0, 0.05) is 31.6 Å². The second-order valence-electron chi connectivity index (χ2n) is 4.44. The number of likely N-dealkylation sites (tertiary alicyclic amines) is 1. The quantitative estimate of drug-likeness (QED) is 0.831. The van der Waals surface area contributed by atoms with Gasteiger partial charge in [0.05, 0.1) is 11.8 Å². The molecule has 0 radical (unpaired) electrons. The minimum atomic E-state index is -0.202. The molecule has 0 aliphatic carbocycles. The van der Waals surface area contributed by atoms with Gasteiger partial charge < -0.3 is 9.32 Å². The van der Waals surface area contributed by atoms with E-state index >= 15 is 0 Å². The number of aryl methyl sites for hydroxylation is 1. The monoisotopic (exact) mass is 249 g/mol. The first-order valence-corrected chi connectivity index (χ1v) is 6.33. The molecule has 1 saturated heterocycles. The number of rotatable bonds is 3. The molecular weight excluding hydrogens is 230 g/mol. The van der Waals surface area contributed by atoms with Crippen LogP contribution in [0.4, 0.5) is 0 Å². The number of hydrogen-bond donors (Lipinski definition) is 1. The number of nitrogens with one attached hydrogen (secondary N) is 1. The van der Waals surface area contributed by atoms with Gasteiger partial charge in [0.15, 0.2) is 0 Å². The largest absolute Gasteiger partial charge is 0.469 e. The molecule has 1 amide bonds. The summed E-state index contributed by atoms with van der Waals surface area (Å²) in [7, 11) is 0. The van der Waals surface area contributed by atoms with Crippen LogP contribution in [0.25, 0.3) is 0 Å². The number of carbonyl (C=O) groups excluding carboxylic acids is 1. The summed E-state index contributed by atoms with van der Waals surface area (Å²) >= 11 is 0. The predicted molar refractivity (Wildman–Crippen MR) is 69.7 cm³/mol. The maximum Gasteiger partial charge on any atom is 0.274 e. The molecule has 2 heterocycles. The number of piperidine rings is 1. The van der Waals surface area contributed by atoms with Gasteiger partial charge >= 0.3 is 0 Å². The third-order valence-corrected chi connectivity index (χ3v) is 3.30. The van der Waals surface area contributed by atoms with E-state index in [4.69, 9.17) is 4.42 Å². The summed E-state index contributed by atoms with van der Waals surface area (Å²) in [4.78, 5) is 14.2. The number of hydrazone groups is 1. The van der Waals surface area contributed by atoms with Crippen LogP contribution in [-0.2, 0) is 0 Å². The standard InChI is InChI=1S/C13H19N3O2/c1-3-16-7-4-11(5-8-16)14-15-13(17)12-6-9-18-10(12)2/h6,9H,3-5,7-8H2,1-2H3,(H,15,17). The lowest BCUT2D eigenvalue weighted by Gasteiger charge is -2.25. The van der Waals surface area contributed by atoms with Gasteiger partial charge in [-0.05, 0) is 19.5 Å². The molecule has 1 fully saturated rings. The third-order valence-electron chi connectivity index (χ3n) is 3.30. The Bertz CT molecular complexity index is 441. The molecular formula is C13H19N3O2. The number of nitrogens with zero attached hydrogens (tertiary/aromatic N) is 2. The van der Waals surface area contributed by atoms with Crippen molar-refractivity contribution in [2.45, 2.75) is 26.7 Å². The SMILES string of the molecule is CCN1CCC(=NNC(=O)c2ccoc2C)CC1. The molecule has 1 aliphatic rings. The Kier molecular flexibility index (Phi) is 4.15. The summed E-state index contributed by atoms with van der Waals surface area (Å²) in [5, 5.41) is 4.20. The summed E-state index contributed by atoms with van der Waals surface area (Å²) in [6.45, 7) is 7.05. The topological polar surface area (TPSA) is 57.8 Å². The maximum atomic E-state index is 11.8. The lowest BCUT2D eigenvalue weighted by molar-refractivity contribution is 0.0953. The van der Waals surface area contributed by atoms with Crippen molar-refractivity contribution in [1.29, 1.82) is 0 Å². The molecule has 5 nitrogen and oxygen atoms in total. The average Bonchev–Trinajstić information content (AvgIpc) is 2.83. The first-order chi connectivity index (χ1) is 8.70. The average molecular weight is 249 g/mol. The van der Waals surface area contributed by atoms with Gasteiger partial charge in [0.25, 0.3) is 5.91 Å². The molecule has 5 heteroatoms. The van der Waals surface area contributed by atoms with Gasteiger partial charge in [-0.1, -0.05) is 6.92 Å². The Morgan fingerprint density at radius 2 is 2.22 bits per heavy atom. The Hall–Kier alpha value is -1.62. The van der Waals surface area contributed by atoms with Gasteiger partial charge in [-0.3, -0.25) is 4.79 Å². The molecule has 18 heavy (non-hydrogen) atoms. The highest BCUT2D eigenvalue weighted by Crippen LogP contribution is 2.09. The Labute approximate surface area is 107 Å². The summed E-state index contributed by atoms with van der Waals surface area (Å²) in [6.07, 6.45) is 3.37. The van der Waals surface area contributed by atoms with Gasteiger partial charge in [-0.15, -0.1) is 0 Å². The molecule has 98 valence electrons. The van der Waals surface area contributed by atoms with Crippen LogP contribution in [-0.4, -0.2) is 36.2 Å². The van der Waals surface area contributed by atoms with Crippen molar-refractivity contribution in [3.05, 3.63) is 23.7 Å². The molecule has 1 aromatic rings. The van der Waals surface area contributed by atoms with Crippen molar-refractivity contribution in [3.63, 3.8) is 0 Å². The van der Waals surface area contributed by atoms with Gasteiger partial charge in [0.1, 0.15) is 5.76 Å². The molecule has 0 aromatic carbocycles. The second kappa shape index (κ2) is 5.82. The molecule has 0 bridgehead atoms. The van der Waals surface area contributed by atoms with Crippen LogP contribution >= 0.6 is 0 Å². The zero-order chi connectivity index (χ0) is 13.0. The van der Waals surface area contributed by atoms with E-state index in [-0.39, 0.29) is 5.91 Å². The summed E-state index contributed by atoms with van der Waals surface area (Å²) in [5.41, 5.74) is 4.21. The van der Waals surface area contributed by atoms with Crippen molar-refractivity contribution in [3.8, 4) is 0 Å². The highest BCUT2D eigenvalue weighted by molar-refractivity contribution is 5.96. The number of carbonyl (C=O) groups is 1. The smallest absolute Gasteiger partial charge is 0.274 e. The highest BCUT2D eigenvalue weighted by Gasteiger charge is 2.14. The third kappa shape index (κ3) is 2.98. The minimum absolute atomic E-state index is 0.202. The summed E-state index contributed by atoms with van der Waals surface area (Å²) < 4.78 is 5.09. The maximum absolute atomic E-state index is 11.8. The lowest BCUT2D eigenvalue weighted by atomic mass is 10.1. The van der Waals surface area contributed by atoms with Gasteiger partial charge in [0.2, 0.25) is 0 Å². The van der Waals surface area contributed by atoms with E-state index < -0.39 is 0 Å². The molecule has 0 saturated carbocycles. The van der Waals surface area contributed by atoms with Crippen molar-refractivity contribution in [2.24, 2.45) is 5.10 Å². The molecule has 1 N–H and O–H groups in total. The van der Waals surface area contributed by atoms with E-state index in [1.807, 2.05) is 0 Å². The fourth-order valence-corrected chi connectivity index (χ4v) is 2.05. The van der Waals surface area contributed by atoms with E-state index in [1.54, 1.807) is 13.0 Å². The van der Waals surface area contributed by atoms with Crippen LogP contribution in [0.5, 0.6) is 0 Å². The Balaban J connectivity index is 1.88. The second-order valence-corrected chi connectivity index (χ2v) is 4.44. The van der Waals surface area contributed by atoms with E-state index in [1.165, 1.54) is 6.26 Å². The van der Waals surface area contributed by atoms with Crippen LogP contribution in [0.3, 0.4) is 0 Å². The first-order valence-electron chi connectivity index (χ1n) is 6.33. The normalized spacial score (nSPS) is 16.7. The van der Waals surface area contributed by atoms with E-state index in [0.717, 1.165) is 38.2 Å². The van der Waals surface area contributed by atoms with Gasteiger partial charge in [-0.25, -0.2) is 5.43 Å². The fourth-order valence-electron chi connectivity index (χ4n) is 2.05. The Morgan fingerprint density at radius 1 is 1.50 bits per heavy atom. The molecule has 2 rings (SSSR count). The van der Waals surface area contributed by atoms with Crippen molar-refractivity contribution in [2.75, 3.05) is 19.6 Å². The molecule has 0 unspecified atom stereocenters. The van der Waals surface area contributed by atoms with Crippen LogP contribution in [0.1, 0.15) is 35.9 Å². The fraction of sp³-hybridized carbons (Fsp3) is 0.538. The van der Waals surface area contributed by atoms with E-state index in [9.17, 15) is 4.79 Å². The van der Waals surface area contributed by atoms with Crippen LogP contribution in [0.15, 0.2) is 21.8 Å². The minimum Gasteiger partial charge on any atom is -0.469 e. The van der Waals surface area contributed by atoms with E-state index in [0.29, 0.717) is 11.3 Å². The molecule has 1 aliphatic heterocycles. The Morgan fingerprint density at radius 3 is 2.78 bits per heavy atom. The number of amides is 1. The van der Waals surface area contributed by atoms with Crippen LogP contribution in [0.2, 0.25) is 0 Å². The lowest BCUT2D eigenvalue weighted by Crippen LogP contribution is -2.34. The van der Waals surface area contributed by atoms with Crippen molar-refractivity contribution >= 4 is 11.6 Å². The zero-order valence-electron chi connectivity index (χ0n) is 10.9. The van der Waals surface area contributed by atoms with Crippen LogP contribution in [0, 0.1) is 6.92 Å². The summed E-state index contributed by atoms with van der Waals surface area (Å²) in [5.74, 6) is 0.417. The molecule has 0 spiro atoms. The van der Waals surface area contributed by atoms with Crippen molar-refractivity contribution in [1.82, 2.24) is 10.3 Å². The predicted octanol–water partition coefficient (Wildman–Crippen LogP) is 1.79. The number of furan rings is 1. The number of hydrogen-bond acceptors (Lipinski definition) is 4. The zero-order valence-corrected chi connectivity index (χ0v) is 10.9. The highest BCUT2D eigenvalue weighted by atomic mass is 16.3.